The van der Waals surface area contributed by atoms with Gasteiger partial charge < -0.3 is 10.6 Å². The molecule has 0 aliphatic rings. The molecule has 0 aliphatic heterocycles. The van der Waals surface area contributed by atoms with Crippen molar-refractivity contribution < 1.29 is 4.79 Å². The van der Waals surface area contributed by atoms with E-state index >= 15 is 0 Å². The van der Waals surface area contributed by atoms with E-state index in [1.54, 1.807) is 28.2 Å². The lowest BCUT2D eigenvalue weighted by molar-refractivity contribution is 0.237. The molecule has 0 saturated carbocycles. The van der Waals surface area contributed by atoms with Gasteiger partial charge in [0, 0.05) is 10.3 Å². The van der Waals surface area contributed by atoms with Crippen molar-refractivity contribution >= 4 is 28.7 Å². The third-order valence-electron chi connectivity index (χ3n) is 2.92. The zero-order chi connectivity index (χ0) is 14.5. The van der Waals surface area contributed by atoms with E-state index in [4.69, 9.17) is 0 Å². The van der Waals surface area contributed by atoms with Crippen molar-refractivity contribution in [3.8, 4) is 0 Å². The lowest BCUT2D eigenvalue weighted by Gasteiger charge is -2.12. The molecule has 2 amide bonds. The van der Waals surface area contributed by atoms with E-state index in [-0.39, 0.29) is 12.1 Å². The zero-order valence-electron chi connectivity index (χ0n) is 11.8. The number of thiazole rings is 2. The predicted molar refractivity (Wildman–Crippen MR) is 82.1 cm³/mol. The molecule has 0 fully saturated rings. The van der Waals surface area contributed by atoms with E-state index in [9.17, 15) is 4.79 Å². The molecule has 0 bridgehead atoms. The Morgan fingerprint density at radius 3 is 2.85 bits per heavy atom. The first kappa shape index (κ1) is 14.9. The van der Waals surface area contributed by atoms with Crippen molar-refractivity contribution in [2.45, 2.75) is 39.8 Å². The molecule has 108 valence electrons. The van der Waals surface area contributed by atoms with Gasteiger partial charge in [0.15, 0.2) is 0 Å². The summed E-state index contributed by atoms with van der Waals surface area (Å²) < 4.78 is 0. The van der Waals surface area contributed by atoms with E-state index in [0.717, 1.165) is 27.7 Å². The van der Waals surface area contributed by atoms with E-state index in [2.05, 4.69) is 27.5 Å². The fourth-order valence-electron chi connectivity index (χ4n) is 1.66. The van der Waals surface area contributed by atoms with E-state index in [1.807, 2.05) is 19.2 Å². The van der Waals surface area contributed by atoms with Gasteiger partial charge in [-0.05, 0) is 20.3 Å². The van der Waals surface area contributed by atoms with Crippen LogP contribution in [0.3, 0.4) is 0 Å². The maximum atomic E-state index is 11.8. The number of aryl methyl sites for hydroxylation is 2. The van der Waals surface area contributed by atoms with Crippen molar-refractivity contribution in [2.24, 2.45) is 0 Å². The molecule has 0 radical (unpaired) electrons. The highest BCUT2D eigenvalue weighted by molar-refractivity contribution is 7.10. The number of hydrogen-bond acceptors (Lipinski definition) is 5. The number of nitrogens with zero attached hydrogens (tertiary/aromatic N) is 2. The first-order chi connectivity index (χ1) is 9.60. The summed E-state index contributed by atoms with van der Waals surface area (Å²) in [5.74, 6) is 0. The molecule has 5 nitrogen and oxygen atoms in total. The van der Waals surface area contributed by atoms with Crippen LogP contribution in [0, 0.1) is 6.92 Å². The standard InChI is InChI=1S/C13H18N4OS2/c1-4-12-17-10(6-19-12)8(2)16-13(18)14-5-11-9(3)15-7-20-11/h6-8H,4-5H2,1-3H3,(H2,14,16,18). The summed E-state index contributed by atoms with van der Waals surface area (Å²) in [6, 6.07) is -0.273. The van der Waals surface area contributed by atoms with Crippen molar-refractivity contribution in [3.05, 3.63) is 32.2 Å². The Bertz CT molecular complexity index is 578. The zero-order valence-corrected chi connectivity index (χ0v) is 13.4. The molecular formula is C13H18N4OS2. The Morgan fingerprint density at radius 1 is 1.45 bits per heavy atom. The van der Waals surface area contributed by atoms with Crippen molar-refractivity contribution in [1.82, 2.24) is 20.6 Å². The minimum Gasteiger partial charge on any atom is -0.333 e. The number of carbonyl (C=O) groups is 1. The fraction of sp³-hybridized carbons (Fsp3) is 0.462. The number of carbonyl (C=O) groups excluding carboxylic acids is 1. The highest BCUT2D eigenvalue weighted by Crippen LogP contribution is 2.17. The molecule has 1 unspecified atom stereocenters. The maximum absolute atomic E-state index is 11.8. The van der Waals surface area contributed by atoms with Crippen LogP contribution in [0.5, 0.6) is 0 Å². The van der Waals surface area contributed by atoms with Gasteiger partial charge in [0.05, 0.1) is 34.5 Å². The van der Waals surface area contributed by atoms with Crippen molar-refractivity contribution in [1.29, 1.82) is 0 Å². The monoisotopic (exact) mass is 310 g/mol. The van der Waals surface area contributed by atoms with Gasteiger partial charge in [-0.2, -0.15) is 0 Å². The number of hydrogen-bond donors (Lipinski definition) is 2. The van der Waals surface area contributed by atoms with Crippen LogP contribution in [0.2, 0.25) is 0 Å². The highest BCUT2D eigenvalue weighted by atomic mass is 32.1. The van der Waals surface area contributed by atoms with Crippen LogP contribution in [0.4, 0.5) is 4.79 Å². The van der Waals surface area contributed by atoms with Gasteiger partial charge in [0.25, 0.3) is 0 Å². The average molecular weight is 310 g/mol. The molecule has 1 atom stereocenters. The van der Waals surface area contributed by atoms with Crippen LogP contribution in [0.25, 0.3) is 0 Å². The topological polar surface area (TPSA) is 66.9 Å². The Labute approximate surface area is 126 Å². The molecular weight excluding hydrogens is 292 g/mol. The average Bonchev–Trinajstić information content (AvgIpc) is 3.05. The van der Waals surface area contributed by atoms with E-state index in [0.29, 0.717) is 6.54 Å². The number of aromatic nitrogens is 2. The van der Waals surface area contributed by atoms with Crippen LogP contribution < -0.4 is 10.6 Å². The van der Waals surface area contributed by atoms with Gasteiger partial charge >= 0.3 is 6.03 Å². The highest BCUT2D eigenvalue weighted by Gasteiger charge is 2.12. The third-order valence-corrected chi connectivity index (χ3v) is 4.86. The molecule has 2 heterocycles. The van der Waals surface area contributed by atoms with Gasteiger partial charge in [0.2, 0.25) is 0 Å². The van der Waals surface area contributed by atoms with Crippen LogP contribution >= 0.6 is 22.7 Å². The number of nitrogens with one attached hydrogen (secondary N) is 2. The van der Waals surface area contributed by atoms with Gasteiger partial charge in [-0.1, -0.05) is 6.92 Å². The number of urea groups is 1. The maximum Gasteiger partial charge on any atom is 0.315 e. The molecule has 2 aromatic heterocycles. The van der Waals surface area contributed by atoms with E-state index < -0.39 is 0 Å². The van der Waals surface area contributed by atoms with Crippen molar-refractivity contribution in [3.63, 3.8) is 0 Å². The smallest absolute Gasteiger partial charge is 0.315 e. The second kappa shape index (κ2) is 6.81. The van der Waals surface area contributed by atoms with Gasteiger partial charge in [-0.25, -0.2) is 14.8 Å². The molecule has 20 heavy (non-hydrogen) atoms. The predicted octanol–water partition coefficient (Wildman–Crippen LogP) is 3.03. The molecule has 2 rings (SSSR count). The van der Waals surface area contributed by atoms with Gasteiger partial charge in [0.1, 0.15) is 0 Å². The summed E-state index contributed by atoms with van der Waals surface area (Å²) in [6.07, 6.45) is 0.925. The first-order valence-corrected chi connectivity index (χ1v) is 8.23. The number of amides is 2. The molecule has 0 aliphatic carbocycles. The van der Waals surface area contributed by atoms with Crippen LogP contribution in [0.15, 0.2) is 10.9 Å². The molecule has 0 aromatic carbocycles. The second-order valence-corrected chi connectivity index (χ2v) is 6.31. The lowest BCUT2D eigenvalue weighted by atomic mass is 10.2. The Balaban J connectivity index is 1.83. The van der Waals surface area contributed by atoms with Crippen molar-refractivity contribution in [2.75, 3.05) is 0 Å². The quantitative estimate of drug-likeness (QED) is 0.892. The minimum absolute atomic E-state index is 0.0888. The lowest BCUT2D eigenvalue weighted by Crippen LogP contribution is -2.36. The first-order valence-electron chi connectivity index (χ1n) is 6.47. The Morgan fingerprint density at radius 2 is 2.25 bits per heavy atom. The second-order valence-electron chi connectivity index (χ2n) is 4.43. The Kier molecular flexibility index (Phi) is 5.08. The largest absolute Gasteiger partial charge is 0.333 e. The van der Waals surface area contributed by atoms with Crippen LogP contribution in [-0.4, -0.2) is 16.0 Å². The summed E-state index contributed by atoms with van der Waals surface area (Å²) >= 11 is 3.18. The molecule has 2 N–H and O–H groups in total. The molecule has 7 heteroatoms. The molecule has 0 spiro atoms. The third kappa shape index (κ3) is 3.77. The normalized spacial score (nSPS) is 12.2. The summed E-state index contributed by atoms with van der Waals surface area (Å²) in [4.78, 5) is 21.6. The summed E-state index contributed by atoms with van der Waals surface area (Å²) in [5.41, 5.74) is 3.67. The molecule has 2 aromatic rings. The summed E-state index contributed by atoms with van der Waals surface area (Å²) in [6.45, 7) is 6.46. The fourth-order valence-corrected chi connectivity index (χ4v) is 3.22. The van der Waals surface area contributed by atoms with Gasteiger partial charge in [-0.3, -0.25) is 0 Å². The number of rotatable bonds is 5. The summed E-state index contributed by atoms with van der Waals surface area (Å²) in [5, 5.41) is 8.83. The minimum atomic E-state index is -0.184. The Hall–Kier alpha value is -1.47. The van der Waals surface area contributed by atoms with Crippen LogP contribution in [0.1, 0.15) is 41.2 Å². The summed E-state index contributed by atoms with van der Waals surface area (Å²) in [7, 11) is 0. The van der Waals surface area contributed by atoms with Crippen LogP contribution in [-0.2, 0) is 13.0 Å². The van der Waals surface area contributed by atoms with Gasteiger partial charge in [-0.15, -0.1) is 22.7 Å². The molecule has 0 saturated heterocycles. The van der Waals surface area contributed by atoms with E-state index in [1.165, 1.54) is 0 Å². The SMILES string of the molecule is CCc1nc(C(C)NC(=O)NCc2scnc2C)cs1.